The summed E-state index contributed by atoms with van der Waals surface area (Å²) in [6, 6.07) is 8.94. The average Bonchev–Trinajstić information content (AvgIpc) is 3.28. The van der Waals surface area contributed by atoms with Crippen molar-refractivity contribution in [3.63, 3.8) is 0 Å². The lowest BCUT2D eigenvalue weighted by molar-refractivity contribution is -0.173. The van der Waals surface area contributed by atoms with E-state index in [9.17, 15) is 18.0 Å². The first-order chi connectivity index (χ1) is 16.7. The van der Waals surface area contributed by atoms with Gasteiger partial charge in [-0.05, 0) is 48.9 Å². The smallest absolute Gasteiger partial charge is 0.410 e. The summed E-state index contributed by atoms with van der Waals surface area (Å²) in [5, 5.41) is 9.67. The first-order valence-corrected chi connectivity index (χ1v) is 10.9. The predicted octanol–water partition coefficient (Wildman–Crippen LogP) is 5.21. The van der Waals surface area contributed by atoms with E-state index in [1.807, 2.05) is 6.92 Å². The molecule has 186 valence electrons. The number of hydrogen-bond donors (Lipinski definition) is 2. The Morgan fingerprint density at radius 3 is 2.49 bits per heavy atom. The highest BCUT2D eigenvalue weighted by atomic mass is 19.4. The van der Waals surface area contributed by atoms with Crippen molar-refractivity contribution >= 4 is 17.4 Å². The number of nitrogens with zero attached hydrogens (tertiary/aromatic N) is 2. The van der Waals surface area contributed by atoms with Crippen molar-refractivity contribution in [2.45, 2.75) is 31.6 Å². The van der Waals surface area contributed by atoms with Crippen molar-refractivity contribution in [2.75, 3.05) is 31.5 Å². The van der Waals surface area contributed by atoms with Crippen LogP contribution in [0.4, 0.5) is 24.7 Å². The third-order valence-corrected chi connectivity index (χ3v) is 5.72. The summed E-state index contributed by atoms with van der Waals surface area (Å²) in [7, 11) is 2.93. The van der Waals surface area contributed by atoms with Crippen LogP contribution >= 0.6 is 0 Å². The number of amides is 1. The molecule has 0 spiro atoms. The van der Waals surface area contributed by atoms with Crippen LogP contribution in [0.1, 0.15) is 41.3 Å². The molecule has 0 bridgehead atoms. The number of fused-ring (bicyclic) bond motifs is 1. The molecule has 0 unspecified atom stereocenters. The highest BCUT2D eigenvalue weighted by Crippen LogP contribution is 2.45. The van der Waals surface area contributed by atoms with Crippen LogP contribution < -0.4 is 24.8 Å². The van der Waals surface area contributed by atoms with Gasteiger partial charge in [0.15, 0.2) is 17.5 Å². The number of rotatable bonds is 7. The molecule has 0 aliphatic carbocycles. The number of methoxy groups -OCH3 is 2. The van der Waals surface area contributed by atoms with Crippen molar-refractivity contribution in [1.29, 1.82) is 0 Å². The number of ether oxygens (including phenoxy) is 3. The number of hydrogen-bond acceptors (Lipinski definition) is 6. The minimum absolute atomic E-state index is 0.00156. The van der Waals surface area contributed by atoms with Crippen LogP contribution in [0.3, 0.4) is 0 Å². The maximum absolute atomic E-state index is 14.0. The van der Waals surface area contributed by atoms with Crippen molar-refractivity contribution < 1.29 is 32.2 Å². The number of nitrogens with one attached hydrogen (secondary N) is 2. The number of carbonyl (C=O) groups excluding carboxylic acids is 1. The zero-order valence-electron chi connectivity index (χ0n) is 19.3. The van der Waals surface area contributed by atoms with E-state index in [4.69, 9.17) is 14.2 Å². The molecule has 1 aliphatic heterocycles. The van der Waals surface area contributed by atoms with Gasteiger partial charge in [0.1, 0.15) is 17.1 Å². The van der Waals surface area contributed by atoms with Crippen LogP contribution in [0.15, 0.2) is 48.7 Å². The molecule has 3 aromatic rings. The van der Waals surface area contributed by atoms with Gasteiger partial charge in [-0.1, -0.05) is 6.07 Å². The number of aromatic nitrogens is 2. The third-order valence-electron chi connectivity index (χ3n) is 5.72. The molecule has 2 N–H and O–H groups in total. The minimum Gasteiger partial charge on any atom is -0.494 e. The van der Waals surface area contributed by atoms with E-state index in [1.54, 1.807) is 42.5 Å². The van der Waals surface area contributed by atoms with Crippen molar-refractivity contribution in [1.82, 2.24) is 9.78 Å². The number of benzene rings is 2. The van der Waals surface area contributed by atoms with Crippen LogP contribution in [0, 0.1) is 0 Å². The summed E-state index contributed by atoms with van der Waals surface area (Å²) < 4.78 is 58.7. The summed E-state index contributed by atoms with van der Waals surface area (Å²) in [6.07, 6.45) is -3.74. The molecule has 0 saturated carbocycles. The number of carbonyl (C=O) groups is 1. The molecule has 0 radical (unpaired) electrons. The molecule has 35 heavy (non-hydrogen) atoms. The monoisotopic (exact) mass is 490 g/mol. The average molecular weight is 490 g/mol. The molecular weight excluding hydrogens is 465 g/mol. The molecule has 0 fully saturated rings. The van der Waals surface area contributed by atoms with Gasteiger partial charge in [-0.3, -0.25) is 4.79 Å². The first-order valence-electron chi connectivity index (χ1n) is 10.9. The Bertz CT molecular complexity index is 1190. The third kappa shape index (κ3) is 4.98. The topological polar surface area (TPSA) is 86.6 Å². The molecule has 1 aliphatic rings. The Balaban J connectivity index is 1.65. The summed E-state index contributed by atoms with van der Waals surface area (Å²) in [5.74, 6) is 0.891. The van der Waals surface area contributed by atoms with Crippen LogP contribution in [0.5, 0.6) is 17.2 Å². The maximum Gasteiger partial charge on any atom is 0.410 e. The van der Waals surface area contributed by atoms with E-state index < -0.39 is 24.2 Å². The second-order valence-electron chi connectivity index (χ2n) is 7.87. The van der Waals surface area contributed by atoms with Crippen LogP contribution in [0.25, 0.3) is 0 Å². The number of anilines is 2. The Kier molecular flexibility index (Phi) is 6.77. The Hall–Kier alpha value is -3.89. The lowest BCUT2D eigenvalue weighted by atomic mass is 9.96. The lowest BCUT2D eigenvalue weighted by Gasteiger charge is -2.34. The van der Waals surface area contributed by atoms with Gasteiger partial charge in [-0.25, -0.2) is 4.68 Å². The van der Waals surface area contributed by atoms with Gasteiger partial charge in [-0.15, -0.1) is 0 Å². The number of halogens is 3. The van der Waals surface area contributed by atoms with Crippen molar-refractivity contribution in [3.05, 3.63) is 59.8 Å². The molecule has 4 rings (SSSR count). The van der Waals surface area contributed by atoms with E-state index in [-0.39, 0.29) is 17.8 Å². The summed E-state index contributed by atoms with van der Waals surface area (Å²) in [4.78, 5) is 13.0. The summed E-state index contributed by atoms with van der Waals surface area (Å²) in [5.41, 5.74) is 1.03. The Morgan fingerprint density at radius 1 is 1.14 bits per heavy atom. The molecule has 2 atom stereocenters. The first kappa shape index (κ1) is 24.2. The molecule has 11 heteroatoms. The normalized spacial score (nSPS) is 17.2. The fourth-order valence-electron chi connectivity index (χ4n) is 4.02. The van der Waals surface area contributed by atoms with Crippen molar-refractivity contribution in [3.8, 4) is 17.2 Å². The minimum atomic E-state index is -4.57. The van der Waals surface area contributed by atoms with Crippen molar-refractivity contribution in [2.24, 2.45) is 0 Å². The van der Waals surface area contributed by atoms with E-state index >= 15 is 0 Å². The van der Waals surface area contributed by atoms with E-state index in [0.717, 1.165) is 10.9 Å². The second-order valence-corrected chi connectivity index (χ2v) is 7.87. The highest BCUT2D eigenvalue weighted by molar-refractivity contribution is 6.07. The largest absolute Gasteiger partial charge is 0.494 e. The zero-order chi connectivity index (χ0) is 25.2. The highest BCUT2D eigenvalue weighted by Gasteiger charge is 2.47. The van der Waals surface area contributed by atoms with Gasteiger partial charge in [0.25, 0.3) is 5.91 Å². The summed E-state index contributed by atoms with van der Waals surface area (Å²) in [6.45, 7) is 2.36. The molecule has 2 aromatic carbocycles. The number of alkyl halides is 3. The second kappa shape index (κ2) is 9.77. The Morgan fingerprint density at radius 2 is 1.86 bits per heavy atom. The molecule has 2 heterocycles. The SMILES string of the molecule is CCOc1ccc(NC(=O)c2cnn3c2N[C@@H](c2ccc(OC)c(OC)c2)C[C@H]3C(F)(F)F)cc1. The molecule has 0 saturated heterocycles. The molecular formula is C24H25F3N4O4. The maximum atomic E-state index is 14.0. The molecule has 8 nitrogen and oxygen atoms in total. The Labute approximate surface area is 200 Å². The fourth-order valence-corrected chi connectivity index (χ4v) is 4.02. The van der Waals surface area contributed by atoms with Gasteiger partial charge in [0, 0.05) is 12.1 Å². The molecule has 1 aromatic heterocycles. The predicted molar refractivity (Wildman–Crippen MR) is 123 cm³/mol. The fraction of sp³-hybridized carbons (Fsp3) is 0.333. The zero-order valence-corrected chi connectivity index (χ0v) is 19.3. The van der Waals surface area contributed by atoms with Crippen LogP contribution in [0.2, 0.25) is 0 Å². The van der Waals surface area contributed by atoms with Gasteiger partial charge < -0.3 is 24.8 Å². The van der Waals surface area contributed by atoms with Gasteiger partial charge >= 0.3 is 6.18 Å². The van der Waals surface area contributed by atoms with Gasteiger partial charge in [-0.2, -0.15) is 18.3 Å². The quantitative estimate of drug-likeness (QED) is 0.473. The van der Waals surface area contributed by atoms with Gasteiger partial charge in [0.2, 0.25) is 0 Å². The summed E-state index contributed by atoms with van der Waals surface area (Å²) >= 11 is 0. The van der Waals surface area contributed by atoms with E-state index in [0.29, 0.717) is 35.1 Å². The standard InChI is InChI=1S/C24H25F3N4O4/c1-4-35-16-8-6-15(7-9-16)29-23(32)17-13-28-31-21(24(25,26)27)12-18(30-22(17)31)14-5-10-19(33-2)20(11-14)34-3/h5-11,13,18,21,30H,4,12H2,1-3H3,(H,29,32)/t18-,21+/m1/s1. The van der Waals surface area contributed by atoms with E-state index in [1.165, 1.54) is 14.2 Å². The van der Waals surface area contributed by atoms with Crippen LogP contribution in [-0.2, 0) is 0 Å². The van der Waals surface area contributed by atoms with E-state index in [2.05, 4.69) is 15.7 Å². The lowest BCUT2D eigenvalue weighted by Crippen LogP contribution is -2.36. The molecule has 1 amide bonds. The van der Waals surface area contributed by atoms with Gasteiger partial charge in [0.05, 0.1) is 33.1 Å². The van der Waals surface area contributed by atoms with Crippen LogP contribution in [-0.4, -0.2) is 42.7 Å².